The van der Waals surface area contributed by atoms with Crippen molar-refractivity contribution in [2.45, 2.75) is 37.3 Å². The SMILES string of the molecule is Clc1ccc([C@H]2C[C@H]3CC[C@H]2N3)cn1. The fourth-order valence-corrected chi connectivity index (χ4v) is 2.91. The smallest absolute Gasteiger partial charge is 0.129 e. The van der Waals surface area contributed by atoms with E-state index >= 15 is 0 Å². The van der Waals surface area contributed by atoms with Gasteiger partial charge >= 0.3 is 0 Å². The first kappa shape index (κ1) is 8.69. The lowest BCUT2D eigenvalue weighted by atomic mass is 9.85. The minimum atomic E-state index is 0.588. The second-order valence-corrected chi connectivity index (χ2v) is 4.69. The van der Waals surface area contributed by atoms with E-state index in [1.165, 1.54) is 24.8 Å². The fourth-order valence-electron chi connectivity index (χ4n) is 2.80. The molecule has 0 aromatic carbocycles. The lowest BCUT2D eigenvalue weighted by molar-refractivity contribution is 0.505. The van der Waals surface area contributed by atoms with Gasteiger partial charge in [0.25, 0.3) is 0 Å². The molecular weight excluding hydrogens is 196 g/mol. The average molecular weight is 209 g/mol. The highest BCUT2D eigenvalue weighted by atomic mass is 35.5. The van der Waals surface area contributed by atoms with Gasteiger partial charge in [-0.1, -0.05) is 17.7 Å². The third-order valence-corrected chi connectivity index (χ3v) is 3.70. The Balaban J connectivity index is 1.86. The van der Waals surface area contributed by atoms with Crippen molar-refractivity contribution in [3.05, 3.63) is 29.0 Å². The molecule has 3 atom stereocenters. The fraction of sp³-hybridized carbons (Fsp3) is 0.545. The molecule has 0 spiro atoms. The molecule has 1 N–H and O–H groups in total. The Morgan fingerprint density at radius 1 is 1.36 bits per heavy atom. The zero-order valence-corrected chi connectivity index (χ0v) is 8.67. The first-order valence-electron chi connectivity index (χ1n) is 5.20. The number of pyridine rings is 1. The second kappa shape index (κ2) is 3.21. The van der Waals surface area contributed by atoms with Crippen LogP contribution >= 0.6 is 11.6 Å². The predicted molar refractivity (Wildman–Crippen MR) is 56.6 cm³/mol. The average Bonchev–Trinajstić information content (AvgIpc) is 2.80. The Morgan fingerprint density at radius 2 is 2.29 bits per heavy atom. The number of aromatic nitrogens is 1. The van der Waals surface area contributed by atoms with Crippen molar-refractivity contribution in [1.82, 2.24) is 10.3 Å². The van der Waals surface area contributed by atoms with Gasteiger partial charge in [-0.3, -0.25) is 0 Å². The molecule has 2 aliphatic heterocycles. The number of hydrogen-bond donors (Lipinski definition) is 1. The maximum absolute atomic E-state index is 5.77. The van der Waals surface area contributed by atoms with Crippen LogP contribution in [0.3, 0.4) is 0 Å². The summed E-state index contributed by atoms with van der Waals surface area (Å²) in [5.41, 5.74) is 1.34. The molecule has 3 heterocycles. The summed E-state index contributed by atoms with van der Waals surface area (Å²) >= 11 is 5.77. The van der Waals surface area contributed by atoms with E-state index in [1.807, 2.05) is 12.3 Å². The standard InChI is InChI=1S/C11H13ClN2/c12-11-4-1-7(6-13-11)9-5-8-2-3-10(9)14-8/h1,4,6,8-10,14H,2-3,5H2/t8-,9-,10-/m1/s1. The summed E-state index contributed by atoms with van der Waals surface area (Å²) in [5.74, 6) is 0.665. The molecule has 3 heteroatoms. The Bertz CT molecular complexity index is 336. The van der Waals surface area contributed by atoms with Crippen molar-refractivity contribution in [2.75, 3.05) is 0 Å². The molecule has 1 aromatic rings. The normalized spacial score (nSPS) is 35.1. The topological polar surface area (TPSA) is 24.9 Å². The molecular formula is C11H13ClN2. The highest BCUT2D eigenvalue weighted by Gasteiger charge is 2.39. The first-order valence-corrected chi connectivity index (χ1v) is 5.58. The minimum Gasteiger partial charge on any atom is -0.311 e. The van der Waals surface area contributed by atoms with E-state index < -0.39 is 0 Å². The summed E-state index contributed by atoms with van der Waals surface area (Å²) in [4.78, 5) is 4.14. The van der Waals surface area contributed by atoms with Gasteiger partial charge in [-0.15, -0.1) is 0 Å². The molecule has 2 nitrogen and oxygen atoms in total. The number of nitrogens with zero attached hydrogens (tertiary/aromatic N) is 1. The molecule has 0 amide bonds. The Kier molecular flexibility index (Phi) is 1.99. The highest BCUT2D eigenvalue weighted by molar-refractivity contribution is 6.29. The summed E-state index contributed by atoms with van der Waals surface area (Å²) in [7, 11) is 0. The second-order valence-electron chi connectivity index (χ2n) is 4.30. The van der Waals surface area contributed by atoms with E-state index in [-0.39, 0.29) is 0 Å². The van der Waals surface area contributed by atoms with Gasteiger partial charge in [0.05, 0.1) is 0 Å². The van der Waals surface area contributed by atoms with Gasteiger partial charge in [0.2, 0.25) is 0 Å². The largest absolute Gasteiger partial charge is 0.311 e. The molecule has 0 saturated carbocycles. The lowest BCUT2D eigenvalue weighted by Gasteiger charge is -2.19. The maximum Gasteiger partial charge on any atom is 0.129 e. The van der Waals surface area contributed by atoms with Crippen LogP contribution in [-0.4, -0.2) is 17.1 Å². The number of nitrogens with one attached hydrogen (secondary N) is 1. The molecule has 0 radical (unpaired) electrons. The molecule has 2 fully saturated rings. The van der Waals surface area contributed by atoms with Crippen LogP contribution in [0.5, 0.6) is 0 Å². The highest BCUT2D eigenvalue weighted by Crippen LogP contribution is 2.39. The van der Waals surface area contributed by atoms with Crippen molar-refractivity contribution in [1.29, 1.82) is 0 Å². The monoisotopic (exact) mass is 208 g/mol. The van der Waals surface area contributed by atoms with Crippen LogP contribution in [0.4, 0.5) is 0 Å². The summed E-state index contributed by atoms with van der Waals surface area (Å²) in [6.07, 6.45) is 5.86. The van der Waals surface area contributed by atoms with E-state index in [1.54, 1.807) is 0 Å². The zero-order valence-electron chi connectivity index (χ0n) is 7.91. The number of hydrogen-bond acceptors (Lipinski definition) is 2. The summed E-state index contributed by atoms with van der Waals surface area (Å²) in [5, 5.41) is 4.22. The number of fused-ring (bicyclic) bond motifs is 2. The van der Waals surface area contributed by atoms with Gasteiger partial charge in [0.1, 0.15) is 5.15 Å². The van der Waals surface area contributed by atoms with Crippen LogP contribution in [0.25, 0.3) is 0 Å². The van der Waals surface area contributed by atoms with Crippen LogP contribution < -0.4 is 5.32 Å². The van der Waals surface area contributed by atoms with Crippen LogP contribution in [0.2, 0.25) is 5.15 Å². The van der Waals surface area contributed by atoms with Gasteiger partial charge in [0, 0.05) is 24.2 Å². The summed E-state index contributed by atoms with van der Waals surface area (Å²) < 4.78 is 0. The van der Waals surface area contributed by atoms with E-state index in [0.29, 0.717) is 17.1 Å². The first-order chi connectivity index (χ1) is 6.83. The molecule has 1 aromatic heterocycles. The van der Waals surface area contributed by atoms with Gasteiger partial charge in [-0.05, 0) is 30.9 Å². The minimum absolute atomic E-state index is 0.588. The van der Waals surface area contributed by atoms with Crippen molar-refractivity contribution in [3.8, 4) is 0 Å². The van der Waals surface area contributed by atoms with Gasteiger partial charge < -0.3 is 5.32 Å². The third-order valence-electron chi connectivity index (χ3n) is 3.48. The summed E-state index contributed by atoms with van der Waals surface area (Å²) in [6, 6.07) is 5.44. The zero-order chi connectivity index (χ0) is 9.54. The van der Waals surface area contributed by atoms with Crippen LogP contribution in [-0.2, 0) is 0 Å². The van der Waals surface area contributed by atoms with E-state index in [2.05, 4.69) is 16.4 Å². The Labute approximate surface area is 88.7 Å². The van der Waals surface area contributed by atoms with E-state index in [4.69, 9.17) is 11.6 Å². The van der Waals surface area contributed by atoms with Crippen molar-refractivity contribution in [3.63, 3.8) is 0 Å². The van der Waals surface area contributed by atoms with Crippen molar-refractivity contribution in [2.24, 2.45) is 0 Å². The van der Waals surface area contributed by atoms with Gasteiger partial charge in [0.15, 0.2) is 0 Å². The molecule has 0 aliphatic carbocycles. The van der Waals surface area contributed by atoms with Crippen molar-refractivity contribution < 1.29 is 0 Å². The molecule has 2 saturated heterocycles. The molecule has 2 bridgehead atoms. The van der Waals surface area contributed by atoms with Crippen LogP contribution in [0.1, 0.15) is 30.7 Å². The van der Waals surface area contributed by atoms with Crippen molar-refractivity contribution >= 4 is 11.6 Å². The quantitative estimate of drug-likeness (QED) is 0.717. The van der Waals surface area contributed by atoms with Gasteiger partial charge in [-0.25, -0.2) is 4.98 Å². The number of halogens is 1. The van der Waals surface area contributed by atoms with Crippen LogP contribution in [0.15, 0.2) is 18.3 Å². The van der Waals surface area contributed by atoms with E-state index in [9.17, 15) is 0 Å². The molecule has 74 valence electrons. The Hall–Kier alpha value is -0.600. The third kappa shape index (κ3) is 1.33. The molecule has 2 aliphatic rings. The number of rotatable bonds is 1. The molecule has 14 heavy (non-hydrogen) atoms. The molecule has 3 rings (SSSR count). The summed E-state index contributed by atoms with van der Waals surface area (Å²) in [6.45, 7) is 0. The maximum atomic E-state index is 5.77. The van der Waals surface area contributed by atoms with Gasteiger partial charge in [-0.2, -0.15) is 0 Å². The Morgan fingerprint density at radius 3 is 2.86 bits per heavy atom. The van der Waals surface area contributed by atoms with E-state index in [0.717, 1.165) is 6.04 Å². The lowest BCUT2D eigenvalue weighted by Crippen LogP contribution is -2.21. The molecule has 0 unspecified atom stereocenters. The van der Waals surface area contributed by atoms with Crippen LogP contribution in [0, 0.1) is 0 Å². The predicted octanol–water partition coefficient (Wildman–Crippen LogP) is 2.34.